The highest BCUT2D eigenvalue weighted by Gasteiger charge is 2.14. The second kappa shape index (κ2) is 5.02. The third-order valence-electron chi connectivity index (χ3n) is 2.83. The number of nitrogens with zero attached hydrogens (tertiary/aromatic N) is 2. The summed E-state index contributed by atoms with van der Waals surface area (Å²) in [6, 6.07) is 8.09. The molecule has 4 heteroatoms. The van der Waals surface area contributed by atoms with Crippen LogP contribution in [-0.4, -0.2) is 21.3 Å². The van der Waals surface area contributed by atoms with Crippen molar-refractivity contribution in [3.05, 3.63) is 40.3 Å². The van der Waals surface area contributed by atoms with E-state index < -0.39 is 0 Å². The normalized spacial score (nSPS) is 10.8. The maximum absolute atomic E-state index is 9.01. The van der Waals surface area contributed by atoms with E-state index in [1.54, 1.807) is 0 Å². The molecule has 2 rings (SSSR count). The maximum Gasteiger partial charge on any atom is 0.111 e. The topological polar surface area (TPSA) is 38.1 Å². The lowest BCUT2D eigenvalue weighted by Crippen LogP contribution is -2.02. The van der Waals surface area contributed by atoms with Gasteiger partial charge in [-0.05, 0) is 13.0 Å². The van der Waals surface area contributed by atoms with Gasteiger partial charge in [0.15, 0.2) is 0 Å². The average molecular weight is 295 g/mol. The van der Waals surface area contributed by atoms with E-state index in [0.29, 0.717) is 6.42 Å². The Labute approximate surface area is 109 Å². The number of halogens is 1. The minimum atomic E-state index is 0.125. The molecule has 0 aliphatic heterocycles. The lowest BCUT2D eigenvalue weighted by molar-refractivity contribution is 0.295. The number of hydrogen-bond donors (Lipinski definition) is 1. The van der Waals surface area contributed by atoms with Crippen molar-refractivity contribution in [1.82, 2.24) is 9.55 Å². The van der Waals surface area contributed by atoms with E-state index in [1.807, 2.05) is 36.7 Å². The van der Waals surface area contributed by atoms with Gasteiger partial charge in [-0.1, -0.05) is 34.1 Å². The molecule has 0 aliphatic carbocycles. The molecule has 1 aromatic heterocycles. The number of benzene rings is 1. The molecule has 2 aromatic rings. The number of aliphatic hydroxyl groups excluding tert-OH is 1. The van der Waals surface area contributed by atoms with Gasteiger partial charge in [-0.25, -0.2) is 4.98 Å². The van der Waals surface area contributed by atoms with Crippen molar-refractivity contribution in [2.45, 2.75) is 13.3 Å². The lowest BCUT2D eigenvalue weighted by atomic mass is 10.1. The van der Waals surface area contributed by atoms with Crippen molar-refractivity contribution >= 4 is 15.9 Å². The zero-order valence-electron chi connectivity index (χ0n) is 9.94. The largest absolute Gasteiger partial charge is 0.396 e. The van der Waals surface area contributed by atoms with Crippen LogP contribution in [0, 0.1) is 6.92 Å². The number of imidazole rings is 1. The van der Waals surface area contributed by atoms with Crippen LogP contribution >= 0.6 is 15.9 Å². The van der Waals surface area contributed by atoms with Gasteiger partial charge in [0.2, 0.25) is 0 Å². The average Bonchev–Trinajstić information content (AvgIpc) is 2.57. The summed E-state index contributed by atoms with van der Waals surface area (Å²) in [6.45, 7) is 2.12. The quantitative estimate of drug-likeness (QED) is 0.945. The van der Waals surface area contributed by atoms with Crippen molar-refractivity contribution in [3.8, 4) is 11.3 Å². The van der Waals surface area contributed by atoms with Gasteiger partial charge in [-0.15, -0.1) is 0 Å². The molecule has 0 aliphatic rings. The Morgan fingerprint density at radius 3 is 2.71 bits per heavy atom. The number of aryl methyl sites for hydroxylation is 1. The van der Waals surface area contributed by atoms with Gasteiger partial charge in [0.1, 0.15) is 5.82 Å². The Morgan fingerprint density at radius 1 is 1.35 bits per heavy atom. The van der Waals surface area contributed by atoms with E-state index in [1.165, 1.54) is 0 Å². The van der Waals surface area contributed by atoms with Crippen molar-refractivity contribution < 1.29 is 5.11 Å². The van der Waals surface area contributed by atoms with Crippen LogP contribution in [0.15, 0.2) is 28.7 Å². The summed E-state index contributed by atoms with van der Waals surface area (Å²) in [5, 5.41) is 9.01. The summed E-state index contributed by atoms with van der Waals surface area (Å²) in [6.07, 6.45) is 0.585. The first-order valence-electron chi connectivity index (χ1n) is 5.53. The zero-order chi connectivity index (χ0) is 12.4. The summed E-state index contributed by atoms with van der Waals surface area (Å²) in [5.41, 5.74) is 3.22. The first-order valence-corrected chi connectivity index (χ1v) is 6.32. The van der Waals surface area contributed by atoms with Crippen LogP contribution < -0.4 is 0 Å². The van der Waals surface area contributed by atoms with E-state index >= 15 is 0 Å². The Morgan fingerprint density at radius 2 is 2.06 bits per heavy atom. The lowest BCUT2D eigenvalue weighted by Gasteiger charge is -2.08. The van der Waals surface area contributed by atoms with E-state index in [-0.39, 0.29) is 6.61 Å². The minimum absolute atomic E-state index is 0.125. The van der Waals surface area contributed by atoms with Gasteiger partial charge in [-0.3, -0.25) is 0 Å². The molecular formula is C13H15BrN2O. The predicted octanol–water partition coefficient (Wildman–Crippen LogP) is 2.69. The van der Waals surface area contributed by atoms with Gasteiger partial charge < -0.3 is 9.67 Å². The highest BCUT2D eigenvalue weighted by atomic mass is 79.9. The molecule has 3 nitrogen and oxygen atoms in total. The number of hydrogen-bond acceptors (Lipinski definition) is 2. The van der Waals surface area contributed by atoms with Crippen LogP contribution in [0.1, 0.15) is 11.5 Å². The highest BCUT2D eigenvalue weighted by Crippen LogP contribution is 2.30. The third-order valence-corrected chi connectivity index (χ3v) is 3.52. The molecule has 0 fully saturated rings. The van der Waals surface area contributed by atoms with Crippen LogP contribution in [0.4, 0.5) is 0 Å². The molecule has 0 radical (unpaired) electrons. The van der Waals surface area contributed by atoms with Gasteiger partial charge in [0.25, 0.3) is 0 Å². The Bertz CT molecular complexity index is 534. The molecule has 0 spiro atoms. The van der Waals surface area contributed by atoms with Crippen LogP contribution in [-0.2, 0) is 13.5 Å². The first kappa shape index (κ1) is 12.3. The molecule has 0 bridgehead atoms. The third kappa shape index (κ3) is 2.28. The van der Waals surface area contributed by atoms with Crippen LogP contribution in [0.5, 0.6) is 0 Å². The monoisotopic (exact) mass is 294 g/mol. The molecule has 17 heavy (non-hydrogen) atoms. The van der Waals surface area contributed by atoms with E-state index in [0.717, 1.165) is 27.2 Å². The molecule has 1 aromatic carbocycles. The molecule has 0 saturated carbocycles. The Kier molecular flexibility index (Phi) is 3.64. The van der Waals surface area contributed by atoms with Gasteiger partial charge >= 0.3 is 0 Å². The highest BCUT2D eigenvalue weighted by molar-refractivity contribution is 9.10. The fraction of sp³-hybridized carbons (Fsp3) is 0.308. The summed E-state index contributed by atoms with van der Waals surface area (Å²) in [5.74, 6) is 0.913. The molecule has 90 valence electrons. The minimum Gasteiger partial charge on any atom is -0.396 e. The van der Waals surface area contributed by atoms with Crippen molar-refractivity contribution in [2.75, 3.05) is 6.61 Å². The molecular weight excluding hydrogens is 280 g/mol. The zero-order valence-corrected chi connectivity index (χ0v) is 11.5. The fourth-order valence-corrected chi connectivity index (χ4v) is 2.52. The van der Waals surface area contributed by atoms with Crippen molar-refractivity contribution in [1.29, 1.82) is 0 Å². The molecule has 1 N–H and O–H groups in total. The molecule has 0 unspecified atom stereocenters. The molecule has 0 atom stereocenters. The molecule has 0 amide bonds. The van der Waals surface area contributed by atoms with Crippen molar-refractivity contribution in [2.24, 2.45) is 7.05 Å². The van der Waals surface area contributed by atoms with Gasteiger partial charge in [0.05, 0.1) is 18.0 Å². The second-order valence-corrected chi connectivity index (χ2v) is 4.83. The van der Waals surface area contributed by atoms with Crippen LogP contribution in [0.2, 0.25) is 0 Å². The maximum atomic E-state index is 9.01. The molecule has 0 saturated heterocycles. The van der Waals surface area contributed by atoms with Gasteiger partial charge in [0, 0.05) is 23.5 Å². The Balaban J connectivity index is 2.56. The summed E-state index contributed by atoms with van der Waals surface area (Å²) >= 11 is 3.56. The molecule has 1 heterocycles. The van der Waals surface area contributed by atoms with Crippen LogP contribution in [0.3, 0.4) is 0 Å². The number of aliphatic hydroxyl groups is 1. The summed E-state index contributed by atoms with van der Waals surface area (Å²) in [7, 11) is 1.99. The van der Waals surface area contributed by atoms with Crippen molar-refractivity contribution in [3.63, 3.8) is 0 Å². The van der Waals surface area contributed by atoms with Crippen LogP contribution in [0.25, 0.3) is 11.3 Å². The standard InChI is InChI=1S/C13H15BrN2O/c1-9-13(10-5-3-4-6-11(10)14)16(2)12(15-9)7-8-17/h3-6,17H,7-8H2,1-2H3. The Hall–Kier alpha value is -1.13. The number of aromatic nitrogens is 2. The van der Waals surface area contributed by atoms with E-state index in [4.69, 9.17) is 5.11 Å². The van der Waals surface area contributed by atoms with Gasteiger partial charge in [-0.2, -0.15) is 0 Å². The van der Waals surface area contributed by atoms with E-state index in [9.17, 15) is 0 Å². The number of rotatable bonds is 3. The predicted molar refractivity (Wildman–Crippen MR) is 71.9 cm³/mol. The summed E-state index contributed by atoms with van der Waals surface area (Å²) < 4.78 is 3.10. The SMILES string of the molecule is Cc1nc(CCO)n(C)c1-c1ccccc1Br. The summed E-state index contributed by atoms with van der Waals surface area (Å²) in [4.78, 5) is 4.50. The second-order valence-electron chi connectivity index (χ2n) is 3.97. The first-order chi connectivity index (χ1) is 8.15. The fourth-order valence-electron chi connectivity index (χ4n) is 2.05. The van der Waals surface area contributed by atoms with E-state index in [2.05, 4.69) is 27.0 Å². The smallest absolute Gasteiger partial charge is 0.111 e.